The molecule has 0 aliphatic heterocycles. The molecule has 8 nitrogen and oxygen atoms in total. The second-order valence-electron chi connectivity index (χ2n) is 8.23. The van der Waals surface area contributed by atoms with E-state index in [0.717, 1.165) is 41.3 Å². The van der Waals surface area contributed by atoms with Crippen molar-refractivity contribution < 1.29 is 4.42 Å². The van der Waals surface area contributed by atoms with Gasteiger partial charge in [0.15, 0.2) is 11.2 Å². The van der Waals surface area contributed by atoms with Gasteiger partial charge in [-0.05, 0) is 37.0 Å². The fourth-order valence-electron chi connectivity index (χ4n) is 4.92. The molecule has 1 fully saturated rings. The molecular weight excluding hydrogens is 380 g/mol. The van der Waals surface area contributed by atoms with Gasteiger partial charge in [0.1, 0.15) is 12.2 Å². The quantitative estimate of drug-likeness (QED) is 0.492. The SMILES string of the molecule is C[C@@H]1CCCC[C@@H]1n1c(=O)n(Cc2nc3ncccc3o2)c2cnc3[nH]ccc3c21. The summed E-state index contributed by atoms with van der Waals surface area (Å²) in [6, 6.07) is 5.83. The molecule has 0 unspecified atom stereocenters. The van der Waals surface area contributed by atoms with Crippen LogP contribution in [-0.4, -0.2) is 29.1 Å². The molecule has 6 rings (SSSR count). The molecule has 0 spiro atoms. The first-order chi connectivity index (χ1) is 14.7. The van der Waals surface area contributed by atoms with Crippen LogP contribution < -0.4 is 5.69 Å². The molecule has 2 atom stereocenters. The van der Waals surface area contributed by atoms with Crippen molar-refractivity contribution in [3.05, 3.63) is 53.2 Å². The number of aromatic amines is 1. The van der Waals surface area contributed by atoms with E-state index in [2.05, 4.69) is 26.9 Å². The van der Waals surface area contributed by atoms with Crippen LogP contribution in [0.4, 0.5) is 0 Å². The lowest BCUT2D eigenvalue weighted by atomic mass is 9.85. The molecule has 1 aliphatic rings. The summed E-state index contributed by atoms with van der Waals surface area (Å²) < 4.78 is 9.59. The van der Waals surface area contributed by atoms with Crippen molar-refractivity contribution in [2.75, 3.05) is 0 Å². The van der Waals surface area contributed by atoms with Gasteiger partial charge in [-0.2, -0.15) is 4.98 Å². The second kappa shape index (κ2) is 6.55. The Hall–Kier alpha value is -3.42. The maximum absolute atomic E-state index is 13.7. The first-order valence-electron chi connectivity index (χ1n) is 10.5. The van der Waals surface area contributed by atoms with Crippen molar-refractivity contribution in [3.63, 3.8) is 0 Å². The van der Waals surface area contributed by atoms with E-state index in [1.807, 2.05) is 29.0 Å². The molecule has 5 aromatic rings. The van der Waals surface area contributed by atoms with E-state index in [4.69, 9.17) is 4.42 Å². The van der Waals surface area contributed by atoms with Crippen LogP contribution in [0.15, 0.2) is 46.0 Å². The van der Waals surface area contributed by atoms with E-state index >= 15 is 0 Å². The number of nitrogens with one attached hydrogen (secondary N) is 1. The number of hydrogen-bond acceptors (Lipinski definition) is 5. The molecule has 0 amide bonds. The summed E-state index contributed by atoms with van der Waals surface area (Å²) in [7, 11) is 0. The van der Waals surface area contributed by atoms with Gasteiger partial charge in [0.2, 0.25) is 5.89 Å². The third kappa shape index (κ3) is 2.52. The van der Waals surface area contributed by atoms with Gasteiger partial charge in [0.05, 0.1) is 17.2 Å². The highest BCUT2D eigenvalue weighted by Gasteiger charge is 2.29. The van der Waals surface area contributed by atoms with Gasteiger partial charge in [-0.15, -0.1) is 0 Å². The number of hydrogen-bond donors (Lipinski definition) is 1. The van der Waals surface area contributed by atoms with Crippen LogP contribution in [0, 0.1) is 5.92 Å². The lowest BCUT2D eigenvalue weighted by Gasteiger charge is -2.29. The second-order valence-corrected chi connectivity index (χ2v) is 8.23. The lowest BCUT2D eigenvalue weighted by Crippen LogP contribution is -2.32. The number of H-pyrrole nitrogens is 1. The minimum absolute atomic E-state index is 0.0329. The highest BCUT2D eigenvalue weighted by Crippen LogP contribution is 2.36. The lowest BCUT2D eigenvalue weighted by molar-refractivity contribution is 0.256. The van der Waals surface area contributed by atoms with E-state index in [9.17, 15) is 4.79 Å². The summed E-state index contributed by atoms with van der Waals surface area (Å²) in [5, 5.41) is 0.973. The van der Waals surface area contributed by atoms with Crippen LogP contribution in [0.3, 0.4) is 0 Å². The van der Waals surface area contributed by atoms with Crippen LogP contribution >= 0.6 is 0 Å². The van der Waals surface area contributed by atoms with Gasteiger partial charge in [-0.1, -0.05) is 19.8 Å². The molecule has 0 radical (unpaired) electrons. The van der Waals surface area contributed by atoms with Crippen LogP contribution in [-0.2, 0) is 6.54 Å². The largest absolute Gasteiger partial charge is 0.437 e. The van der Waals surface area contributed by atoms with Gasteiger partial charge in [-0.3, -0.25) is 9.13 Å². The Morgan fingerprint density at radius 1 is 1.23 bits per heavy atom. The van der Waals surface area contributed by atoms with Crippen LogP contribution in [0.2, 0.25) is 0 Å². The number of pyridine rings is 2. The third-order valence-electron chi connectivity index (χ3n) is 6.41. The van der Waals surface area contributed by atoms with Gasteiger partial charge >= 0.3 is 5.69 Å². The molecule has 1 aliphatic carbocycles. The van der Waals surface area contributed by atoms with Crippen molar-refractivity contribution in [3.8, 4) is 0 Å². The van der Waals surface area contributed by atoms with E-state index in [1.54, 1.807) is 17.0 Å². The Bertz CT molecular complexity index is 1410. The Kier molecular flexibility index (Phi) is 3.81. The average Bonchev–Trinajstić information content (AvgIpc) is 3.45. The normalized spacial score (nSPS) is 19.9. The maximum atomic E-state index is 13.7. The Labute approximate surface area is 171 Å². The number of imidazole rings is 1. The van der Waals surface area contributed by atoms with Crippen LogP contribution in [0.5, 0.6) is 0 Å². The third-order valence-corrected chi connectivity index (χ3v) is 6.41. The van der Waals surface area contributed by atoms with Crippen LogP contribution in [0.25, 0.3) is 33.3 Å². The Morgan fingerprint density at radius 3 is 3.00 bits per heavy atom. The monoisotopic (exact) mass is 402 g/mol. The zero-order valence-electron chi connectivity index (χ0n) is 16.7. The topological polar surface area (TPSA) is 94.5 Å². The Morgan fingerprint density at radius 2 is 2.13 bits per heavy atom. The standard InChI is InChI=1S/C22H22N6O2/c1-13-5-2-3-6-15(13)28-19-14-8-10-24-20(14)25-11-16(19)27(22(28)29)12-18-26-21-17(30-18)7-4-9-23-21/h4,7-11,13,15H,2-3,5-6,12H2,1H3,(H,24,25)/t13-,15+/m1/s1. The molecule has 152 valence electrons. The predicted octanol–water partition coefficient (Wildman–Crippen LogP) is 4.02. The number of nitrogens with zero attached hydrogens (tertiary/aromatic N) is 5. The molecule has 0 aromatic carbocycles. The maximum Gasteiger partial charge on any atom is 0.329 e. The summed E-state index contributed by atoms with van der Waals surface area (Å²) in [4.78, 5) is 30.1. The number of fused-ring (bicyclic) bond motifs is 4. The molecule has 0 saturated heterocycles. The van der Waals surface area contributed by atoms with Crippen LogP contribution in [0.1, 0.15) is 44.5 Å². The molecule has 1 saturated carbocycles. The number of rotatable bonds is 3. The summed E-state index contributed by atoms with van der Waals surface area (Å²) in [6.07, 6.45) is 9.86. The van der Waals surface area contributed by atoms with E-state index in [-0.39, 0.29) is 18.3 Å². The summed E-state index contributed by atoms with van der Waals surface area (Å²) in [5.74, 6) is 0.918. The zero-order valence-corrected chi connectivity index (χ0v) is 16.7. The van der Waals surface area contributed by atoms with Gasteiger partial charge in [-0.25, -0.2) is 14.8 Å². The van der Waals surface area contributed by atoms with Crippen molar-refractivity contribution in [2.45, 2.75) is 45.2 Å². The smallest absolute Gasteiger partial charge is 0.329 e. The van der Waals surface area contributed by atoms with Gasteiger partial charge in [0.25, 0.3) is 0 Å². The highest BCUT2D eigenvalue weighted by atomic mass is 16.3. The van der Waals surface area contributed by atoms with Gasteiger partial charge in [0, 0.05) is 23.8 Å². The Balaban J connectivity index is 1.58. The van der Waals surface area contributed by atoms with E-state index in [0.29, 0.717) is 23.0 Å². The van der Waals surface area contributed by atoms with Crippen molar-refractivity contribution in [1.82, 2.24) is 29.1 Å². The molecule has 0 bridgehead atoms. The van der Waals surface area contributed by atoms with Crippen molar-refractivity contribution >= 4 is 33.3 Å². The predicted molar refractivity (Wildman–Crippen MR) is 113 cm³/mol. The average molecular weight is 402 g/mol. The zero-order chi connectivity index (χ0) is 20.2. The fourth-order valence-corrected chi connectivity index (χ4v) is 4.92. The van der Waals surface area contributed by atoms with Crippen molar-refractivity contribution in [1.29, 1.82) is 0 Å². The van der Waals surface area contributed by atoms with E-state index < -0.39 is 0 Å². The first kappa shape index (κ1) is 17.4. The summed E-state index contributed by atoms with van der Waals surface area (Å²) in [5.41, 5.74) is 3.68. The first-order valence-corrected chi connectivity index (χ1v) is 10.5. The highest BCUT2D eigenvalue weighted by molar-refractivity contribution is 6.01. The molecule has 1 N–H and O–H groups in total. The number of oxazole rings is 1. The molecule has 5 heterocycles. The molecule has 30 heavy (non-hydrogen) atoms. The molecular formula is C22H22N6O2. The number of aromatic nitrogens is 6. The molecule has 5 aromatic heterocycles. The fraction of sp³-hybridized carbons (Fsp3) is 0.364. The minimum atomic E-state index is -0.0329. The molecule has 8 heteroatoms. The van der Waals surface area contributed by atoms with Gasteiger partial charge < -0.3 is 9.40 Å². The summed E-state index contributed by atoms with van der Waals surface area (Å²) >= 11 is 0. The van der Waals surface area contributed by atoms with E-state index in [1.165, 1.54) is 6.42 Å². The summed E-state index contributed by atoms with van der Waals surface area (Å²) in [6.45, 7) is 2.50. The minimum Gasteiger partial charge on any atom is -0.437 e. The van der Waals surface area contributed by atoms with Crippen molar-refractivity contribution in [2.24, 2.45) is 5.92 Å².